The zero-order valence-electron chi connectivity index (χ0n) is 8.03. The highest BCUT2D eigenvalue weighted by Crippen LogP contribution is 1.94. The van der Waals surface area contributed by atoms with Crippen LogP contribution in [0.4, 0.5) is 0 Å². The molecule has 1 N–H and O–H groups in total. The predicted molar refractivity (Wildman–Crippen MR) is 47.0 cm³/mol. The Labute approximate surface area is 77.1 Å². The number of nitrogens with zero attached hydrogens (tertiary/aromatic N) is 1. The van der Waals surface area contributed by atoms with Crippen molar-refractivity contribution in [3.63, 3.8) is 0 Å². The van der Waals surface area contributed by atoms with E-state index in [0.29, 0.717) is 12.8 Å². The molecule has 0 saturated carbocycles. The van der Waals surface area contributed by atoms with Crippen molar-refractivity contribution in [3.8, 4) is 0 Å². The fourth-order valence-corrected chi connectivity index (χ4v) is 0.831. The average Bonchev–Trinajstić information content (AvgIpc) is 2.11. The van der Waals surface area contributed by atoms with Crippen molar-refractivity contribution < 1.29 is 14.4 Å². The van der Waals surface area contributed by atoms with E-state index in [1.54, 1.807) is 6.92 Å². The van der Waals surface area contributed by atoms with E-state index in [-0.39, 0.29) is 0 Å². The van der Waals surface area contributed by atoms with Crippen LogP contribution in [-0.2, 0) is 14.4 Å². The van der Waals surface area contributed by atoms with Crippen LogP contribution in [0, 0.1) is 0 Å². The molecule has 2 amide bonds. The number of carbonyl (C=O) groups excluding carboxylic acids is 3. The van der Waals surface area contributed by atoms with Gasteiger partial charge in [0.1, 0.15) is 0 Å². The molecular weight excluding hydrogens is 172 g/mol. The fourth-order valence-electron chi connectivity index (χ4n) is 0.831. The third-order valence-electron chi connectivity index (χ3n) is 1.61. The minimum absolute atomic E-state index is 0.414. The highest BCUT2D eigenvalue weighted by atomic mass is 16.2. The molecule has 5 nitrogen and oxygen atoms in total. The molecule has 0 saturated heterocycles. The number of amides is 2. The maximum atomic E-state index is 11.3. The molecule has 0 heterocycles. The van der Waals surface area contributed by atoms with Gasteiger partial charge in [0.2, 0.25) is 12.2 Å². The Morgan fingerprint density at radius 3 is 2.31 bits per heavy atom. The van der Waals surface area contributed by atoms with Gasteiger partial charge in [-0.15, -0.1) is 0 Å². The van der Waals surface area contributed by atoms with Crippen molar-refractivity contribution in [2.24, 2.45) is 0 Å². The van der Waals surface area contributed by atoms with Crippen molar-refractivity contribution >= 4 is 18.1 Å². The van der Waals surface area contributed by atoms with E-state index in [1.807, 2.05) is 0 Å². The van der Waals surface area contributed by atoms with Gasteiger partial charge < -0.3 is 10.2 Å². The summed E-state index contributed by atoms with van der Waals surface area (Å²) in [6, 6.07) is -0.701. The van der Waals surface area contributed by atoms with Crippen molar-refractivity contribution in [1.82, 2.24) is 10.2 Å². The van der Waals surface area contributed by atoms with Gasteiger partial charge in [-0.3, -0.25) is 14.4 Å². The molecule has 0 aromatic rings. The minimum atomic E-state index is -0.701. The lowest BCUT2D eigenvalue weighted by atomic mass is 10.1. The van der Waals surface area contributed by atoms with Crippen LogP contribution in [0.3, 0.4) is 0 Å². The van der Waals surface area contributed by atoms with E-state index >= 15 is 0 Å². The van der Waals surface area contributed by atoms with Crippen LogP contribution in [0.1, 0.15) is 13.3 Å². The predicted octanol–water partition coefficient (Wildman–Crippen LogP) is -0.832. The molecule has 0 rings (SSSR count). The molecular formula is C8H14N2O3. The molecule has 13 heavy (non-hydrogen) atoms. The normalized spacial score (nSPS) is 11.6. The molecule has 0 aliphatic carbocycles. The van der Waals surface area contributed by atoms with E-state index in [4.69, 9.17) is 0 Å². The number of rotatable bonds is 5. The number of nitrogens with one attached hydrogen (secondary N) is 1. The summed E-state index contributed by atoms with van der Waals surface area (Å²) in [6.45, 7) is 1.72. The van der Waals surface area contributed by atoms with E-state index in [2.05, 4.69) is 5.32 Å². The summed E-state index contributed by atoms with van der Waals surface area (Å²) in [7, 11) is 2.99. The van der Waals surface area contributed by atoms with Gasteiger partial charge in [-0.2, -0.15) is 0 Å². The maximum Gasteiger partial charge on any atom is 0.291 e. The second-order valence-electron chi connectivity index (χ2n) is 2.81. The summed E-state index contributed by atoms with van der Waals surface area (Å²) in [5, 5.41) is 2.29. The summed E-state index contributed by atoms with van der Waals surface area (Å²) in [5.74, 6) is -1.18. The molecule has 0 aromatic carbocycles. The summed E-state index contributed by atoms with van der Waals surface area (Å²) in [5.41, 5.74) is 0. The number of carbonyl (C=O) groups is 3. The smallest absolute Gasteiger partial charge is 0.291 e. The zero-order valence-corrected chi connectivity index (χ0v) is 8.03. The number of Topliss-reactive ketones (excluding diaryl/α,β-unsaturated/α-hetero) is 1. The lowest BCUT2D eigenvalue weighted by Crippen LogP contribution is -2.44. The molecule has 0 radical (unpaired) electrons. The Bertz CT molecular complexity index is 213. The third-order valence-corrected chi connectivity index (χ3v) is 1.61. The van der Waals surface area contributed by atoms with Crippen molar-refractivity contribution in [1.29, 1.82) is 0 Å². The van der Waals surface area contributed by atoms with Gasteiger partial charge in [0.15, 0.2) is 0 Å². The largest absolute Gasteiger partial charge is 0.348 e. The zero-order chi connectivity index (χ0) is 10.4. The Kier molecular flexibility index (Phi) is 4.72. The van der Waals surface area contributed by atoms with Crippen LogP contribution in [0.5, 0.6) is 0 Å². The van der Waals surface area contributed by atoms with E-state index in [0.717, 1.165) is 0 Å². The molecule has 0 bridgehead atoms. The molecule has 0 aromatic heterocycles. The molecule has 74 valence electrons. The molecule has 0 unspecified atom stereocenters. The van der Waals surface area contributed by atoms with E-state index < -0.39 is 17.7 Å². The summed E-state index contributed by atoms with van der Waals surface area (Å²) in [4.78, 5) is 33.7. The Hall–Kier alpha value is -1.39. The van der Waals surface area contributed by atoms with Gasteiger partial charge in [-0.1, -0.05) is 6.92 Å². The van der Waals surface area contributed by atoms with E-state index in [9.17, 15) is 14.4 Å². The van der Waals surface area contributed by atoms with Gasteiger partial charge in [-0.05, 0) is 6.42 Å². The van der Waals surface area contributed by atoms with Crippen LogP contribution in [-0.4, -0.2) is 43.1 Å². The minimum Gasteiger partial charge on any atom is -0.348 e. The first-order valence-corrected chi connectivity index (χ1v) is 3.99. The number of ketones is 1. The SMILES string of the molecule is CC[C@H](NC=O)C(=O)C(=O)N(C)C. The molecule has 0 spiro atoms. The van der Waals surface area contributed by atoms with E-state index in [1.165, 1.54) is 19.0 Å². The van der Waals surface area contributed by atoms with Crippen LogP contribution >= 0.6 is 0 Å². The number of hydrogen-bond acceptors (Lipinski definition) is 3. The summed E-state index contributed by atoms with van der Waals surface area (Å²) >= 11 is 0. The van der Waals surface area contributed by atoms with Crippen molar-refractivity contribution in [3.05, 3.63) is 0 Å². The first-order chi connectivity index (χ1) is 6.04. The lowest BCUT2D eigenvalue weighted by molar-refractivity contribution is -0.144. The number of hydrogen-bond donors (Lipinski definition) is 1. The van der Waals surface area contributed by atoms with Crippen molar-refractivity contribution in [2.75, 3.05) is 14.1 Å². The summed E-state index contributed by atoms with van der Waals surface area (Å²) in [6.07, 6.45) is 0.839. The third kappa shape index (κ3) is 3.23. The van der Waals surface area contributed by atoms with Crippen LogP contribution in [0.25, 0.3) is 0 Å². The number of likely N-dealkylation sites (N-methyl/N-ethyl adjacent to an activating group) is 1. The van der Waals surface area contributed by atoms with Gasteiger partial charge in [0.05, 0.1) is 6.04 Å². The first-order valence-electron chi connectivity index (χ1n) is 3.99. The summed E-state index contributed by atoms with van der Waals surface area (Å²) < 4.78 is 0. The molecule has 1 atom stereocenters. The quantitative estimate of drug-likeness (QED) is 0.450. The molecule has 5 heteroatoms. The standard InChI is InChI=1S/C8H14N2O3/c1-4-6(9-5-11)7(12)8(13)10(2)3/h5-6H,4H2,1-3H3,(H,9,11)/t6-/m0/s1. The second kappa shape index (κ2) is 5.29. The van der Waals surface area contributed by atoms with Gasteiger partial charge >= 0.3 is 0 Å². The fraction of sp³-hybridized carbons (Fsp3) is 0.625. The average molecular weight is 186 g/mol. The molecule has 0 aliphatic heterocycles. The topological polar surface area (TPSA) is 66.5 Å². The maximum absolute atomic E-state index is 11.3. The van der Waals surface area contributed by atoms with Gasteiger partial charge in [-0.25, -0.2) is 0 Å². The van der Waals surface area contributed by atoms with Crippen LogP contribution < -0.4 is 5.32 Å². The van der Waals surface area contributed by atoms with Gasteiger partial charge in [0.25, 0.3) is 5.91 Å². The Balaban J connectivity index is 4.36. The lowest BCUT2D eigenvalue weighted by Gasteiger charge is -2.14. The van der Waals surface area contributed by atoms with Crippen LogP contribution in [0.15, 0.2) is 0 Å². The van der Waals surface area contributed by atoms with Gasteiger partial charge in [0, 0.05) is 14.1 Å². The Morgan fingerprint density at radius 2 is 2.00 bits per heavy atom. The van der Waals surface area contributed by atoms with Crippen LogP contribution in [0.2, 0.25) is 0 Å². The highest BCUT2D eigenvalue weighted by Gasteiger charge is 2.24. The Morgan fingerprint density at radius 1 is 1.46 bits per heavy atom. The second-order valence-corrected chi connectivity index (χ2v) is 2.81. The molecule has 0 fully saturated rings. The first kappa shape index (κ1) is 11.6. The van der Waals surface area contributed by atoms with Crippen molar-refractivity contribution in [2.45, 2.75) is 19.4 Å². The highest BCUT2D eigenvalue weighted by molar-refractivity contribution is 6.38. The molecule has 0 aliphatic rings. The monoisotopic (exact) mass is 186 g/mol.